The lowest BCUT2D eigenvalue weighted by atomic mass is 10.1. The molecule has 26 heavy (non-hydrogen) atoms. The van der Waals surface area contributed by atoms with Gasteiger partial charge in [0, 0.05) is 11.8 Å². The first-order valence-corrected chi connectivity index (χ1v) is 7.86. The second-order valence-electron chi connectivity index (χ2n) is 6.78. The molecule has 0 bridgehead atoms. The van der Waals surface area contributed by atoms with E-state index in [1.807, 2.05) is 0 Å². The maximum atomic E-state index is 12.4. The first-order valence-electron chi connectivity index (χ1n) is 7.86. The zero-order valence-corrected chi connectivity index (χ0v) is 14.4. The molecule has 8 heteroatoms. The maximum Gasteiger partial charge on any atom is 0.374 e. The number of rotatable bonds is 4. The molecule has 1 aromatic heterocycles. The van der Waals surface area contributed by atoms with Gasteiger partial charge in [-0.2, -0.15) is 0 Å². The molecule has 1 fully saturated rings. The van der Waals surface area contributed by atoms with E-state index in [0.717, 1.165) is 6.07 Å². The van der Waals surface area contributed by atoms with Crippen molar-refractivity contribution in [2.75, 3.05) is 12.4 Å². The first kappa shape index (κ1) is 17.7. The third kappa shape index (κ3) is 2.83. The fourth-order valence-electron chi connectivity index (χ4n) is 3.24. The SMILES string of the molecule is COC(=O)c1cc(=O)c2cc(NC(=O)[C@H]3[C@@H](C(=O)O)C3(C)C)ccc2o1. The van der Waals surface area contributed by atoms with Crippen molar-refractivity contribution in [1.29, 1.82) is 0 Å². The van der Waals surface area contributed by atoms with Gasteiger partial charge in [0.05, 0.1) is 24.3 Å². The lowest BCUT2D eigenvalue weighted by Crippen LogP contribution is -2.18. The molecule has 0 saturated heterocycles. The van der Waals surface area contributed by atoms with E-state index < -0.39 is 40.5 Å². The van der Waals surface area contributed by atoms with Crippen molar-refractivity contribution in [3.05, 3.63) is 40.2 Å². The Kier molecular flexibility index (Phi) is 4.06. The maximum absolute atomic E-state index is 12.4. The molecule has 2 atom stereocenters. The fraction of sp³-hybridized carbons (Fsp3) is 0.333. The van der Waals surface area contributed by atoms with E-state index in [9.17, 15) is 24.3 Å². The number of esters is 1. The summed E-state index contributed by atoms with van der Waals surface area (Å²) in [5, 5.41) is 12.0. The molecule has 0 unspecified atom stereocenters. The Labute approximate surface area is 147 Å². The summed E-state index contributed by atoms with van der Waals surface area (Å²) < 4.78 is 9.85. The van der Waals surface area contributed by atoms with Crippen LogP contribution in [-0.2, 0) is 14.3 Å². The van der Waals surface area contributed by atoms with Gasteiger partial charge >= 0.3 is 11.9 Å². The Bertz CT molecular complexity index is 989. The van der Waals surface area contributed by atoms with Gasteiger partial charge in [-0.15, -0.1) is 0 Å². The highest BCUT2D eigenvalue weighted by Gasteiger charge is 2.65. The van der Waals surface area contributed by atoms with Crippen LogP contribution in [0.1, 0.15) is 24.4 Å². The predicted octanol–water partition coefficient (Wildman–Crippen LogP) is 1.87. The minimum Gasteiger partial charge on any atom is -0.481 e. The summed E-state index contributed by atoms with van der Waals surface area (Å²) >= 11 is 0. The van der Waals surface area contributed by atoms with Crippen LogP contribution >= 0.6 is 0 Å². The number of carboxylic acids is 1. The van der Waals surface area contributed by atoms with E-state index in [4.69, 9.17) is 4.42 Å². The lowest BCUT2D eigenvalue weighted by molar-refractivity contribution is -0.140. The topological polar surface area (TPSA) is 123 Å². The van der Waals surface area contributed by atoms with Crippen molar-refractivity contribution in [3.8, 4) is 0 Å². The van der Waals surface area contributed by atoms with E-state index in [1.165, 1.54) is 25.3 Å². The standard InChI is InChI=1S/C18H17NO7/c1-18(2)13(14(18)16(22)23)15(21)19-8-4-5-11-9(6-8)10(20)7-12(26-11)17(24)25-3/h4-7,13-14H,1-3H3,(H,19,21)(H,22,23)/t13-,14+/m1/s1. The highest BCUT2D eigenvalue weighted by molar-refractivity contribution is 6.00. The van der Waals surface area contributed by atoms with Crippen molar-refractivity contribution >= 4 is 34.5 Å². The third-order valence-corrected chi connectivity index (χ3v) is 4.76. The molecule has 2 aromatic rings. The number of fused-ring (bicyclic) bond motifs is 1. The number of hydrogen-bond acceptors (Lipinski definition) is 6. The minimum atomic E-state index is -1.01. The lowest BCUT2D eigenvalue weighted by Gasteiger charge is -2.07. The van der Waals surface area contributed by atoms with Crippen LogP contribution in [0.25, 0.3) is 11.0 Å². The molecule has 8 nitrogen and oxygen atoms in total. The van der Waals surface area contributed by atoms with Crippen molar-refractivity contribution in [1.82, 2.24) is 0 Å². The second kappa shape index (κ2) is 5.98. The molecule has 1 aliphatic carbocycles. The molecule has 136 valence electrons. The molecule has 0 aliphatic heterocycles. The third-order valence-electron chi connectivity index (χ3n) is 4.76. The number of hydrogen-bond donors (Lipinski definition) is 2. The van der Waals surface area contributed by atoms with Crippen LogP contribution in [0.5, 0.6) is 0 Å². The smallest absolute Gasteiger partial charge is 0.374 e. The molecular formula is C18H17NO7. The van der Waals surface area contributed by atoms with Gasteiger partial charge < -0.3 is 19.6 Å². The molecule has 0 radical (unpaired) electrons. The summed E-state index contributed by atoms with van der Waals surface area (Å²) in [6, 6.07) is 5.40. The second-order valence-corrected chi connectivity index (χ2v) is 6.78. The van der Waals surface area contributed by atoms with Crippen molar-refractivity contribution < 1.29 is 28.6 Å². The van der Waals surface area contributed by atoms with Gasteiger partial charge in [0.1, 0.15) is 5.58 Å². The van der Waals surface area contributed by atoms with Gasteiger partial charge in [0.2, 0.25) is 11.7 Å². The predicted molar refractivity (Wildman–Crippen MR) is 90.9 cm³/mol. The Balaban J connectivity index is 1.87. The van der Waals surface area contributed by atoms with Crippen LogP contribution in [0.2, 0.25) is 0 Å². The van der Waals surface area contributed by atoms with Crippen LogP contribution in [0.15, 0.2) is 33.5 Å². The molecule has 2 N–H and O–H groups in total. The number of aliphatic carboxylic acids is 1. The van der Waals surface area contributed by atoms with Crippen LogP contribution in [0.4, 0.5) is 5.69 Å². The van der Waals surface area contributed by atoms with E-state index in [-0.39, 0.29) is 16.7 Å². The summed E-state index contributed by atoms with van der Waals surface area (Å²) in [6.45, 7) is 3.44. The molecule has 1 amide bonds. The van der Waals surface area contributed by atoms with Gasteiger partial charge in [0.15, 0.2) is 5.43 Å². The van der Waals surface area contributed by atoms with Gasteiger partial charge in [-0.3, -0.25) is 14.4 Å². The van der Waals surface area contributed by atoms with Crippen molar-refractivity contribution in [2.45, 2.75) is 13.8 Å². The van der Waals surface area contributed by atoms with Crippen LogP contribution in [0, 0.1) is 17.3 Å². The minimum absolute atomic E-state index is 0.172. The Morgan fingerprint density at radius 2 is 1.88 bits per heavy atom. The quantitative estimate of drug-likeness (QED) is 0.799. The van der Waals surface area contributed by atoms with E-state index in [2.05, 4.69) is 10.1 Å². The summed E-state index contributed by atoms with van der Waals surface area (Å²) in [5.74, 6) is -3.80. The Morgan fingerprint density at radius 1 is 1.19 bits per heavy atom. The number of anilines is 1. The summed E-state index contributed by atoms with van der Waals surface area (Å²) in [6.07, 6.45) is 0. The van der Waals surface area contributed by atoms with E-state index in [0.29, 0.717) is 5.69 Å². The summed E-state index contributed by atoms with van der Waals surface area (Å²) in [4.78, 5) is 47.3. The number of benzene rings is 1. The van der Waals surface area contributed by atoms with Gasteiger partial charge in [-0.25, -0.2) is 4.79 Å². The molecule has 1 aliphatic rings. The summed E-state index contributed by atoms with van der Waals surface area (Å²) in [5.41, 5.74) is -0.572. The van der Waals surface area contributed by atoms with Crippen molar-refractivity contribution in [3.63, 3.8) is 0 Å². The number of carbonyl (C=O) groups excluding carboxylic acids is 2. The number of methoxy groups -OCH3 is 1. The molecule has 3 rings (SSSR count). The van der Waals surface area contributed by atoms with E-state index >= 15 is 0 Å². The Morgan fingerprint density at radius 3 is 2.46 bits per heavy atom. The van der Waals surface area contributed by atoms with Gasteiger partial charge in [-0.05, 0) is 23.6 Å². The zero-order valence-electron chi connectivity index (χ0n) is 14.4. The average molecular weight is 359 g/mol. The highest BCUT2D eigenvalue weighted by atomic mass is 16.5. The van der Waals surface area contributed by atoms with E-state index in [1.54, 1.807) is 13.8 Å². The fourth-order valence-corrected chi connectivity index (χ4v) is 3.24. The molecule has 1 heterocycles. The normalized spacial score (nSPS) is 20.4. The van der Waals surface area contributed by atoms with Gasteiger partial charge in [0.25, 0.3) is 0 Å². The zero-order chi connectivity index (χ0) is 19.2. The molecule has 0 spiro atoms. The highest BCUT2D eigenvalue weighted by Crippen LogP contribution is 2.58. The molecule has 1 saturated carbocycles. The summed E-state index contributed by atoms with van der Waals surface area (Å²) in [7, 11) is 1.18. The number of nitrogens with one attached hydrogen (secondary N) is 1. The number of carboxylic acid groups (broad SMARTS) is 1. The van der Waals surface area contributed by atoms with Crippen LogP contribution in [-0.4, -0.2) is 30.1 Å². The number of ether oxygens (including phenoxy) is 1. The molecular weight excluding hydrogens is 342 g/mol. The average Bonchev–Trinajstić information content (AvgIpc) is 3.17. The largest absolute Gasteiger partial charge is 0.481 e. The monoisotopic (exact) mass is 359 g/mol. The van der Waals surface area contributed by atoms with Crippen molar-refractivity contribution in [2.24, 2.45) is 17.3 Å². The first-order chi connectivity index (χ1) is 12.2. The van der Waals surface area contributed by atoms with Crippen LogP contribution in [0.3, 0.4) is 0 Å². The number of carbonyl (C=O) groups is 3. The van der Waals surface area contributed by atoms with Gasteiger partial charge in [-0.1, -0.05) is 13.8 Å². The number of amides is 1. The van der Waals surface area contributed by atoms with Crippen LogP contribution < -0.4 is 10.7 Å². The molecule has 1 aromatic carbocycles. The Hall–Kier alpha value is -3.16.